The summed E-state index contributed by atoms with van der Waals surface area (Å²) in [5.41, 5.74) is 1.74. The first-order valence-electron chi connectivity index (χ1n) is 7.45. The van der Waals surface area contributed by atoms with Gasteiger partial charge in [0, 0.05) is 16.3 Å². The number of carbonyl (C=O) groups is 1. The van der Waals surface area contributed by atoms with E-state index in [0.29, 0.717) is 16.5 Å². The van der Waals surface area contributed by atoms with Crippen LogP contribution in [-0.4, -0.2) is 18.8 Å². The van der Waals surface area contributed by atoms with Crippen molar-refractivity contribution in [2.75, 3.05) is 12.9 Å². The number of hydrogen-bond acceptors (Lipinski definition) is 3. The van der Waals surface area contributed by atoms with Gasteiger partial charge in [-0.15, -0.1) is 11.8 Å². The SMILES string of the molecule is COc1ccccc1C(C)NC(=O)CSCc1ccc(F)cc1Cl. The van der Waals surface area contributed by atoms with E-state index in [2.05, 4.69) is 5.32 Å². The van der Waals surface area contributed by atoms with Crippen LogP contribution in [0.2, 0.25) is 5.02 Å². The Hall–Kier alpha value is -1.72. The summed E-state index contributed by atoms with van der Waals surface area (Å²) in [4.78, 5) is 12.1. The maximum atomic E-state index is 13.0. The third kappa shape index (κ3) is 5.14. The van der Waals surface area contributed by atoms with Crippen LogP contribution in [-0.2, 0) is 10.5 Å². The molecule has 0 aromatic heterocycles. The fourth-order valence-corrected chi connectivity index (χ4v) is 3.43. The van der Waals surface area contributed by atoms with Crippen molar-refractivity contribution >= 4 is 29.3 Å². The molecule has 1 N–H and O–H groups in total. The Morgan fingerprint density at radius 1 is 1.33 bits per heavy atom. The first-order chi connectivity index (χ1) is 11.5. The van der Waals surface area contributed by atoms with Gasteiger partial charge in [-0.1, -0.05) is 35.9 Å². The molecule has 1 atom stereocenters. The van der Waals surface area contributed by atoms with Gasteiger partial charge in [0.1, 0.15) is 11.6 Å². The fraction of sp³-hybridized carbons (Fsp3) is 0.278. The zero-order valence-electron chi connectivity index (χ0n) is 13.5. The van der Waals surface area contributed by atoms with E-state index in [1.165, 1.54) is 23.9 Å². The average molecular weight is 368 g/mol. The molecular weight excluding hydrogens is 349 g/mol. The van der Waals surface area contributed by atoms with E-state index in [1.54, 1.807) is 13.2 Å². The summed E-state index contributed by atoms with van der Waals surface area (Å²) in [5.74, 6) is 1.16. The predicted molar refractivity (Wildman–Crippen MR) is 97.1 cm³/mol. The Kier molecular flexibility index (Phi) is 6.94. The highest BCUT2D eigenvalue weighted by molar-refractivity contribution is 7.99. The molecule has 0 aliphatic heterocycles. The second-order valence-electron chi connectivity index (χ2n) is 5.26. The monoisotopic (exact) mass is 367 g/mol. The third-order valence-corrected chi connectivity index (χ3v) is 4.82. The van der Waals surface area contributed by atoms with Gasteiger partial charge in [-0.2, -0.15) is 0 Å². The van der Waals surface area contributed by atoms with Crippen molar-refractivity contribution in [3.63, 3.8) is 0 Å². The number of amides is 1. The number of thioether (sulfide) groups is 1. The molecule has 0 saturated heterocycles. The second-order valence-corrected chi connectivity index (χ2v) is 6.65. The average Bonchev–Trinajstić information content (AvgIpc) is 2.56. The van der Waals surface area contributed by atoms with Crippen LogP contribution in [0.4, 0.5) is 4.39 Å². The zero-order chi connectivity index (χ0) is 17.5. The topological polar surface area (TPSA) is 38.3 Å². The van der Waals surface area contributed by atoms with Crippen molar-refractivity contribution < 1.29 is 13.9 Å². The number of hydrogen-bond donors (Lipinski definition) is 1. The van der Waals surface area contributed by atoms with Gasteiger partial charge in [-0.25, -0.2) is 4.39 Å². The maximum absolute atomic E-state index is 13.0. The quantitative estimate of drug-likeness (QED) is 0.777. The molecule has 0 heterocycles. The third-order valence-electron chi connectivity index (χ3n) is 3.49. The van der Waals surface area contributed by atoms with E-state index in [0.717, 1.165) is 16.9 Å². The van der Waals surface area contributed by atoms with Gasteiger partial charge in [0.25, 0.3) is 0 Å². The normalized spacial score (nSPS) is 11.8. The molecule has 0 spiro atoms. The fourth-order valence-electron chi connectivity index (χ4n) is 2.28. The molecule has 0 saturated carbocycles. The summed E-state index contributed by atoms with van der Waals surface area (Å²) in [5, 5.41) is 3.33. The minimum Gasteiger partial charge on any atom is -0.496 e. The first-order valence-corrected chi connectivity index (χ1v) is 8.98. The van der Waals surface area contributed by atoms with Crippen LogP contribution in [0.25, 0.3) is 0 Å². The van der Waals surface area contributed by atoms with E-state index < -0.39 is 0 Å². The summed E-state index contributed by atoms with van der Waals surface area (Å²) >= 11 is 7.41. The van der Waals surface area contributed by atoms with Gasteiger partial charge in [0.05, 0.1) is 18.9 Å². The Labute approximate surface area is 150 Å². The van der Waals surface area contributed by atoms with Crippen LogP contribution < -0.4 is 10.1 Å². The van der Waals surface area contributed by atoms with Crippen molar-refractivity contribution in [2.24, 2.45) is 0 Å². The smallest absolute Gasteiger partial charge is 0.230 e. The molecule has 3 nitrogen and oxygen atoms in total. The molecule has 1 amide bonds. The second kappa shape index (κ2) is 8.94. The van der Waals surface area contributed by atoms with Crippen molar-refractivity contribution in [3.05, 3.63) is 64.4 Å². The Bertz CT molecular complexity index is 711. The van der Waals surface area contributed by atoms with Crippen LogP contribution in [0.5, 0.6) is 5.75 Å². The van der Waals surface area contributed by atoms with Crippen molar-refractivity contribution in [3.8, 4) is 5.75 Å². The van der Waals surface area contributed by atoms with Crippen LogP contribution in [0.15, 0.2) is 42.5 Å². The Morgan fingerprint density at radius 2 is 2.08 bits per heavy atom. The zero-order valence-corrected chi connectivity index (χ0v) is 15.1. The molecule has 6 heteroatoms. The minimum atomic E-state index is -0.364. The summed E-state index contributed by atoms with van der Waals surface area (Å²) in [7, 11) is 1.61. The lowest BCUT2D eigenvalue weighted by atomic mass is 10.1. The molecule has 0 aliphatic carbocycles. The number of benzene rings is 2. The summed E-state index contributed by atoms with van der Waals surface area (Å²) in [6, 6.07) is 11.7. The van der Waals surface area contributed by atoms with Crippen LogP contribution in [0.1, 0.15) is 24.1 Å². The molecule has 2 aromatic rings. The van der Waals surface area contributed by atoms with Crippen LogP contribution in [0.3, 0.4) is 0 Å². The van der Waals surface area contributed by atoms with E-state index in [4.69, 9.17) is 16.3 Å². The highest BCUT2D eigenvalue weighted by Gasteiger charge is 2.13. The molecule has 0 fully saturated rings. The predicted octanol–water partition coefficient (Wildman–Crippen LogP) is 4.60. The summed E-state index contributed by atoms with van der Waals surface area (Å²) < 4.78 is 18.3. The standard InChI is InChI=1S/C18H19ClFNO2S/c1-12(15-5-3-4-6-17(15)23-2)21-18(22)11-24-10-13-7-8-14(20)9-16(13)19/h3-9,12H,10-11H2,1-2H3,(H,21,22). The highest BCUT2D eigenvalue weighted by atomic mass is 35.5. The molecule has 2 rings (SSSR count). The molecule has 128 valence electrons. The Morgan fingerprint density at radius 3 is 2.79 bits per heavy atom. The molecule has 0 bridgehead atoms. The molecule has 0 radical (unpaired) electrons. The first kappa shape index (κ1) is 18.6. The summed E-state index contributed by atoms with van der Waals surface area (Å²) in [6.45, 7) is 1.91. The lowest BCUT2D eigenvalue weighted by molar-refractivity contribution is -0.119. The van der Waals surface area contributed by atoms with Crippen molar-refractivity contribution in [2.45, 2.75) is 18.7 Å². The lowest BCUT2D eigenvalue weighted by Crippen LogP contribution is -2.28. The number of para-hydroxylation sites is 1. The Balaban J connectivity index is 1.84. The molecule has 0 aliphatic rings. The van der Waals surface area contributed by atoms with Gasteiger partial charge in [-0.3, -0.25) is 4.79 Å². The molecular formula is C18H19ClFNO2S. The van der Waals surface area contributed by atoms with Gasteiger partial charge in [0.15, 0.2) is 0 Å². The van der Waals surface area contributed by atoms with Gasteiger partial charge >= 0.3 is 0 Å². The lowest BCUT2D eigenvalue weighted by Gasteiger charge is -2.17. The van der Waals surface area contributed by atoms with E-state index in [9.17, 15) is 9.18 Å². The van der Waals surface area contributed by atoms with Crippen molar-refractivity contribution in [1.82, 2.24) is 5.32 Å². The number of carbonyl (C=O) groups excluding carboxylic acids is 1. The van der Waals surface area contributed by atoms with E-state index in [1.807, 2.05) is 31.2 Å². The van der Waals surface area contributed by atoms with Gasteiger partial charge < -0.3 is 10.1 Å². The molecule has 1 unspecified atom stereocenters. The number of rotatable bonds is 7. The van der Waals surface area contributed by atoms with Crippen LogP contribution in [0, 0.1) is 5.82 Å². The number of halogens is 2. The van der Waals surface area contributed by atoms with E-state index >= 15 is 0 Å². The largest absolute Gasteiger partial charge is 0.496 e. The molecule has 24 heavy (non-hydrogen) atoms. The van der Waals surface area contributed by atoms with Gasteiger partial charge in [-0.05, 0) is 30.7 Å². The van der Waals surface area contributed by atoms with E-state index in [-0.39, 0.29) is 17.8 Å². The number of methoxy groups -OCH3 is 1. The highest BCUT2D eigenvalue weighted by Crippen LogP contribution is 2.25. The number of ether oxygens (including phenoxy) is 1. The summed E-state index contributed by atoms with van der Waals surface area (Å²) in [6.07, 6.45) is 0. The molecule has 2 aromatic carbocycles. The van der Waals surface area contributed by atoms with Crippen molar-refractivity contribution in [1.29, 1.82) is 0 Å². The maximum Gasteiger partial charge on any atom is 0.230 e. The minimum absolute atomic E-state index is 0.0726. The number of nitrogens with one attached hydrogen (secondary N) is 1. The van der Waals surface area contributed by atoms with Gasteiger partial charge in [0.2, 0.25) is 5.91 Å². The van der Waals surface area contributed by atoms with Crippen LogP contribution >= 0.6 is 23.4 Å².